The highest BCUT2D eigenvalue weighted by atomic mass is 15.4. The van der Waals surface area contributed by atoms with Crippen molar-refractivity contribution in [2.45, 2.75) is 89.6 Å². The van der Waals surface area contributed by atoms with Gasteiger partial charge in [0.1, 0.15) is 0 Å². The van der Waals surface area contributed by atoms with Gasteiger partial charge in [0.2, 0.25) is 0 Å². The van der Waals surface area contributed by atoms with E-state index in [-0.39, 0.29) is 0 Å². The summed E-state index contributed by atoms with van der Waals surface area (Å²) < 4.78 is 0. The maximum absolute atomic E-state index is 2.82. The summed E-state index contributed by atoms with van der Waals surface area (Å²) in [6, 6.07) is 3.94. The maximum atomic E-state index is 2.82. The van der Waals surface area contributed by atoms with Gasteiger partial charge in [0.05, 0.1) is 6.67 Å². The van der Waals surface area contributed by atoms with Crippen LogP contribution >= 0.6 is 0 Å². The summed E-state index contributed by atoms with van der Waals surface area (Å²) in [6.07, 6.45) is 4.23. The predicted octanol–water partition coefficient (Wildman–Crippen LogP) is 2.06. The first-order valence-corrected chi connectivity index (χ1v) is 9.83. The SMILES string of the molecule is CC(C)N1CC2CC1CN2CN1CC2CCC1CN2C(C)(C)C. The first-order valence-electron chi connectivity index (χ1n) is 9.83. The highest BCUT2D eigenvalue weighted by molar-refractivity contribution is 5.03. The van der Waals surface area contributed by atoms with E-state index in [1.165, 1.54) is 52.1 Å². The minimum atomic E-state index is 0.333. The first-order chi connectivity index (χ1) is 10.8. The van der Waals surface area contributed by atoms with Gasteiger partial charge in [-0.2, -0.15) is 0 Å². The van der Waals surface area contributed by atoms with Gasteiger partial charge in [-0.1, -0.05) is 0 Å². The molecule has 5 fully saturated rings. The van der Waals surface area contributed by atoms with Crippen LogP contribution in [0.15, 0.2) is 0 Å². The van der Waals surface area contributed by atoms with Gasteiger partial charge in [0.25, 0.3) is 0 Å². The van der Waals surface area contributed by atoms with Gasteiger partial charge in [0.15, 0.2) is 0 Å². The molecule has 5 saturated heterocycles. The summed E-state index contributed by atoms with van der Waals surface area (Å²) in [5.41, 5.74) is 0.333. The quantitative estimate of drug-likeness (QED) is 0.789. The van der Waals surface area contributed by atoms with Crippen LogP contribution in [0.4, 0.5) is 0 Å². The van der Waals surface area contributed by atoms with Crippen LogP contribution in [0.2, 0.25) is 0 Å². The van der Waals surface area contributed by atoms with E-state index in [0.29, 0.717) is 5.54 Å². The van der Waals surface area contributed by atoms with Crippen molar-refractivity contribution < 1.29 is 0 Å². The molecule has 0 radical (unpaired) electrons. The molecule has 0 saturated carbocycles. The zero-order chi connectivity index (χ0) is 16.4. The molecule has 0 aromatic carbocycles. The lowest BCUT2D eigenvalue weighted by atomic mass is 9.87. The molecule has 4 bridgehead atoms. The van der Waals surface area contributed by atoms with Crippen LogP contribution in [0.1, 0.15) is 53.9 Å². The van der Waals surface area contributed by atoms with Crippen molar-refractivity contribution in [3.05, 3.63) is 0 Å². The number of likely N-dealkylation sites (tertiary alicyclic amines) is 2. The molecule has 4 heteroatoms. The van der Waals surface area contributed by atoms with Crippen molar-refractivity contribution in [2.75, 3.05) is 32.8 Å². The topological polar surface area (TPSA) is 13.0 Å². The van der Waals surface area contributed by atoms with Crippen molar-refractivity contribution >= 4 is 0 Å². The van der Waals surface area contributed by atoms with E-state index in [1.807, 2.05) is 0 Å². The van der Waals surface area contributed by atoms with Crippen LogP contribution in [0.5, 0.6) is 0 Å². The second-order valence-electron chi connectivity index (χ2n) is 9.73. The average molecular weight is 321 g/mol. The minimum absolute atomic E-state index is 0.333. The summed E-state index contributed by atoms with van der Waals surface area (Å²) in [7, 11) is 0. The van der Waals surface area contributed by atoms with Crippen LogP contribution in [-0.2, 0) is 0 Å². The normalized spacial score (nSPS) is 39.9. The number of nitrogens with zero attached hydrogens (tertiary/aromatic N) is 4. The average Bonchev–Trinajstić information content (AvgIpc) is 3.07. The van der Waals surface area contributed by atoms with Gasteiger partial charge in [-0.25, -0.2) is 0 Å². The Kier molecular flexibility index (Phi) is 4.03. The summed E-state index contributed by atoms with van der Waals surface area (Å²) in [5.74, 6) is 0. The van der Waals surface area contributed by atoms with Crippen molar-refractivity contribution in [2.24, 2.45) is 0 Å². The molecule has 4 atom stereocenters. The Bertz CT molecular complexity index is 443. The number of fused-ring (bicyclic) bond motifs is 5. The third-order valence-corrected chi connectivity index (χ3v) is 6.93. The zero-order valence-electron chi connectivity index (χ0n) is 15.8. The molecule has 0 spiro atoms. The fraction of sp³-hybridized carbons (Fsp3) is 1.00. The van der Waals surface area contributed by atoms with E-state index in [9.17, 15) is 0 Å². The number of rotatable bonds is 3. The lowest BCUT2D eigenvalue weighted by Crippen LogP contribution is -2.68. The Labute approximate surface area is 142 Å². The highest BCUT2D eigenvalue weighted by Crippen LogP contribution is 2.36. The molecule has 0 aromatic rings. The van der Waals surface area contributed by atoms with Crippen LogP contribution in [0, 0.1) is 0 Å². The fourth-order valence-electron chi connectivity index (χ4n) is 5.73. The fourth-order valence-corrected chi connectivity index (χ4v) is 5.73. The van der Waals surface area contributed by atoms with Crippen LogP contribution < -0.4 is 0 Å². The smallest absolute Gasteiger partial charge is 0.0514 e. The van der Waals surface area contributed by atoms with Crippen molar-refractivity contribution in [3.63, 3.8) is 0 Å². The first kappa shape index (κ1) is 16.3. The Morgan fingerprint density at radius 2 is 1.48 bits per heavy atom. The van der Waals surface area contributed by atoms with Crippen LogP contribution in [0.25, 0.3) is 0 Å². The molecular weight excluding hydrogens is 284 g/mol. The lowest BCUT2D eigenvalue weighted by molar-refractivity contribution is -0.0851. The van der Waals surface area contributed by atoms with Crippen molar-refractivity contribution in [1.29, 1.82) is 0 Å². The van der Waals surface area contributed by atoms with E-state index in [1.54, 1.807) is 0 Å². The summed E-state index contributed by atoms with van der Waals surface area (Å²) >= 11 is 0. The molecular formula is C19H36N4. The molecule has 0 amide bonds. The molecule has 0 N–H and O–H groups in total. The van der Waals surface area contributed by atoms with Crippen molar-refractivity contribution in [1.82, 2.24) is 19.6 Å². The number of piperazine rings is 2. The molecule has 0 aliphatic carbocycles. The Morgan fingerprint density at radius 1 is 0.826 bits per heavy atom. The maximum Gasteiger partial charge on any atom is 0.0514 e. The molecule has 23 heavy (non-hydrogen) atoms. The van der Waals surface area contributed by atoms with E-state index in [0.717, 1.165) is 30.2 Å². The second-order valence-corrected chi connectivity index (χ2v) is 9.73. The number of hydrogen-bond donors (Lipinski definition) is 0. The van der Waals surface area contributed by atoms with E-state index >= 15 is 0 Å². The van der Waals surface area contributed by atoms with E-state index < -0.39 is 0 Å². The van der Waals surface area contributed by atoms with Gasteiger partial charge in [0, 0.05) is 61.9 Å². The van der Waals surface area contributed by atoms with Crippen LogP contribution in [-0.4, -0.2) is 88.2 Å². The van der Waals surface area contributed by atoms with Gasteiger partial charge in [-0.3, -0.25) is 19.6 Å². The zero-order valence-corrected chi connectivity index (χ0v) is 15.8. The molecule has 0 aromatic heterocycles. The van der Waals surface area contributed by atoms with Crippen molar-refractivity contribution in [3.8, 4) is 0 Å². The molecule has 4 unspecified atom stereocenters. The second kappa shape index (κ2) is 5.69. The van der Waals surface area contributed by atoms with Crippen LogP contribution in [0.3, 0.4) is 0 Å². The predicted molar refractivity (Wildman–Crippen MR) is 95.6 cm³/mol. The Balaban J connectivity index is 1.36. The summed E-state index contributed by atoms with van der Waals surface area (Å²) in [6.45, 7) is 18.3. The standard InChI is InChI=1S/C19H36N4/c1-14(2)22-11-17-8-18(22)10-21(17)13-20-9-16-7-6-15(20)12-23(16)19(3,4)5/h14-18H,6-13H2,1-5H3. The molecule has 132 valence electrons. The Hall–Kier alpha value is -0.160. The van der Waals surface area contributed by atoms with Gasteiger partial charge < -0.3 is 0 Å². The number of hydrogen-bond acceptors (Lipinski definition) is 4. The third kappa shape index (κ3) is 2.86. The third-order valence-electron chi connectivity index (χ3n) is 6.93. The monoisotopic (exact) mass is 320 g/mol. The highest BCUT2D eigenvalue weighted by Gasteiger charge is 2.47. The molecule has 5 heterocycles. The Morgan fingerprint density at radius 3 is 2.00 bits per heavy atom. The summed E-state index contributed by atoms with van der Waals surface area (Å²) in [4.78, 5) is 11.1. The van der Waals surface area contributed by atoms with E-state index in [4.69, 9.17) is 0 Å². The van der Waals surface area contributed by atoms with Gasteiger partial charge in [-0.05, 0) is 53.9 Å². The summed E-state index contributed by atoms with van der Waals surface area (Å²) in [5, 5.41) is 0. The van der Waals surface area contributed by atoms with Gasteiger partial charge >= 0.3 is 0 Å². The molecule has 5 aliphatic rings. The molecule has 4 nitrogen and oxygen atoms in total. The number of piperidine rings is 2. The molecule has 5 aliphatic heterocycles. The lowest BCUT2D eigenvalue weighted by Gasteiger charge is -2.56. The minimum Gasteiger partial charge on any atom is -0.295 e. The van der Waals surface area contributed by atoms with Gasteiger partial charge in [-0.15, -0.1) is 0 Å². The largest absolute Gasteiger partial charge is 0.295 e. The van der Waals surface area contributed by atoms with E-state index in [2.05, 4.69) is 54.2 Å². The molecule has 5 rings (SSSR count).